The largest absolute Gasteiger partial charge is 0.350 e. The summed E-state index contributed by atoms with van der Waals surface area (Å²) in [6.45, 7) is 2.93. The number of benzene rings is 1. The molecule has 0 spiro atoms. The van der Waals surface area contributed by atoms with Crippen LogP contribution < -0.4 is 5.32 Å². The van der Waals surface area contributed by atoms with E-state index >= 15 is 0 Å². The molecule has 2 N–H and O–H groups in total. The molecule has 0 bridgehead atoms. The van der Waals surface area contributed by atoms with Gasteiger partial charge in [0.05, 0.1) is 13.1 Å². The molecule has 4 rings (SSSR count). The molecule has 1 aromatic carbocycles. The van der Waals surface area contributed by atoms with Gasteiger partial charge in [0.15, 0.2) is 5.82 Å². The molecule has 1 fully saturated rings. The van der Waals surface area contributed by atoms with Gasteiger partial charge in [0.25, 0.3) is 5.89 Å². The Kier molecular flexibility index (Phi) is 4.60. The Balaban J connectivity index is 1.75. The van der Waals surface area contributed by atoms with Gasteiger partial charge in [-0.3, -0.25) is 9.69 Å². The second-order valence-corrected chi connectivity index (χ2v) is 7.20. The van der Waals surface area contributed by atoms with E-state index in [0.717, 1.165) is 40.7 Å². The number of amides is 3. The van der Waals surface area contributed by atoms with Crippen LogP contribution in [-0.2, 0) is 17.8 Å². The zero-order valence-corrected chi connectivity index (χ0v) is 16.1. The van der Waals surface area contributed by atoms with Gasteiger partial charge in [-0.05, 0) is 50.7 Å². The molecule has 1 aliphatic rings. The van der Waals surface area contributed by atoms with Gasteiger partial charge >= 0.3 is 6.03 Å². The summed E-state index contributed by atoms with van der Waals surface area (Å²) in [6.07, 6.45) is 0.788. The number of fused-ring (bicyclic) bond motifs is 1. The third-order valence-electron chi connectivity index (χ3n) is 4.80. The molecule has 3 aromatic rings. The third-order valence-corrected chi connectivity index (χ3v) is 4.80. The molecule has 9 heteroatoms. The van der Waals surface area contributed by atoms with Crippen LogP contribution in [0.15, 0.2) is 22.7 Å². The molecular formula is C19H22N6O3. The number of likely N-dealkylation sites (N-methyl/N-ethyl adjacent to an activating group) is 1. The summed E-state index contributed by atoms with van der Waals surface area (Å²) in [5.74, 6) is 0.818. The quantitative estimate of drug-likeness (QED) is 0.628. The highest BCUT2D eigenvalue weighted by Gasteiger charge is 2.28. The van der Waals surface area contributed by atoms with Gasteiger partial charge in [0.1, 0.15) is 5.69 Å². The van der Waals surface area contributed by atoms with Gasteiger partial charge in [-0.2, -0.15) is 4.98 Å². The minimum atomic E-state index is -0.353. The fraction of sp³-hybridized carbons (Fsp3) is 0.368. The molecule has 1 saturated heterocycles. The van der Waals surface area contributed by atoms with E-state index in [4.69, 9.17) is 4.52 Å². The van der Waals surface area contributed by atoms with E-state index in [-0.39, 0.29) is 25.0 Å². The van der Waals surface area contributed by atoms with Crippen LogP contribution in [0.2, 0.25) is 0 Å². The number of hydrogen-bond acceptors (Lipinski definition) is 6. The average molecular weight is 382 g/mol. The van der Waals surface area contributed by atoms with Crippen molar-refractivity contribution in [3.63, 3.8) is 0 Å². The first-order valence-corrected chi connectivity index (χ1v) is 9.09. The zero-order chi connectivity index (χ0) is 19.8. The number of imide groups is 1. The standard InChI is InChI=1S/C19H22N6O3/c1-11-21-18(28-23-11)17-13(6-7-24(2)3)14-8-12(4-5-15(14)22-17)10-25-16(26)9-20-19(25)27/h4-5,8,22H,6-7,9-10H2,1-3H3,(H,20,27). The number of urea groups is 1. The second-order valence-electron chi connectivity index (χ2n) is 7.20. The normalized spacial score (nSPS) is 14.5. The average Bonchev–Trinajstić information content (AvgIpc) is 3.33. The number of aromatic nitrogens is 3. The summed E-state index contributed by atoms with van der Waals surface area (Å²) in [4.78, 5) is 34.8. The number of carbonyl (C=O) groups excluding carboxylic acids is 2. The molecule has 3 heterocycles. The molecule has 0 radical (unpaired) electrons. The van der Waals surface area contributed by atoms with Crippen molar-refractivity contribution >= 4 is 22.8 Å². The Labute approximate surface area is 161 Å². The third kappa shape index (κ3) is 3.36. The highest BCUT2D eigenvalue weighted by atomic mass is 16.5. The van der Waals surface area contributed by atoms with Gasteiger partial charge in [0.2, 0.25) is 5.91 Å². The van der Waals surface area contributed by atoms with E-state index in [1.807, 2.05) is 32.3 Å². The van der Waals surface area contributed by atoms with Crippen molar-refractivity contribution in [3.8, 4) is 11.6 Å². The van der Waals surface area contributed by atoms with Gasteiger partial charge in [-0.25, -0.2) is 4.79 Å². The Hall–Kier alpha value is -3.20. The summed E-state index contributed by atoms with van der Waals surface area (Å²) < 4.78 is 5.38. The highest BCUT2D eigenvalue weighted by Crippen LogP contribution is 2.31. The summed E-state index contributed by atoms with van der Waals surface area (Å²) >= 11 is 0. The van der Waals surface area contributed by atoms with E-state index in [2.05, 4.69) is 25.3 Å². The lowest BCUT2D eigenvalue weighted by Crippen LogP contribution is -2.30. The molecule has 28 heavy (non-hydrogen) atoms. The monoisotopic (exact) mass is 382 g/mol. The molecule has 0 aliphatic carbocycles. The van der Waals surface area contributed by atoms with Crippen molar-refractivity contribution in [1.82, 2.24) is 30.2 Å². The first kappa shape index (κ1) is 18.2. The number of carbonyl (C=O) groups is 2. The SMILES string of the molecule is Cc1noc(-c2[nH]c3ccc(CN4C(=O)CNC4=O)cc3c2CCN(C)C)n1. The molecular weight excluding hydrogens is 360 g/mol. The zero-order valence-electron chi connectivity index (χ0n) is 16.1. The minimum absolute atomic E-state index is 0.0555. The lowest BCUT2D eigenvalue weighted by molar-refractivity contribution is -0.125. The Morgan fingerprint density at radius 3 is 2.75 bits per heavy atom. The van der Waals surface area contributed by atoms with Gasteiger partial charge < -0.3 is 19.7 Å². The van der Waals surface area contributed by atoms with Crippen LogP contribution in [-0.4, -0.2) is 64.0 Å². The van der Waals surface area contributed by atoms with Crippen LogP contribution in [0.25, 0.3) is 22.5 Å². The van der Waals surface area contributed by atoms with Crippen LogP contribution in [0.5, 0.6) is 0 Å². The number of nitrogens with one attached hydrogen (secondary N) is 2. The summed E-state index contributed by atoms with van der Waals surface area (Å²) in [5.41, 5.74) is 3.72. The fourth-order valence-electron chi connectivity index (χ4n) is 3.37. The maximum absolute atomic E-state index is 11.9. The molecule has 0 atom stereocenters. The predicted molar refractivity (Wildman–Crippen MR) is 103 cm³/mol. The first-order chi connectivity index (χ1) is 13.4. The lowest BCUT2D eigenvalue weighted by Gasteiger charge is -2.13. The first-order valence-electron chi connectivity index (χ1n) is 9.09. The Morgan fingerprint density at radius 2 is 2.11 bits per heavy atom. The van der Waals surface area contributed by atoms with Gasteiger partial charge in [-0.15, -0.1) is 0 Å². The molecule has 0 saturated carbocycles. The molecule has 3 amide bonds. The van der Waals surface area contributed by atoms with Crippen molar-refractivity contribution in [1.29, 1.82) is 0 Å². The highest BCUT2D eigenvalue weighted by molar-refractivity contribution is 6.02. The number of aromatic amines is 1. The van der Waals surface area contributed by atoms with E-state index in [1.54, 1.807) is 6.92 Å². The predicted octanol–water partition coefficient (Wildman–Crippen LogP) is 1.68. The molecule has 9 nitrogen and oxygen atoms in total. The van der Waals surface area contributed by atoms with Crippen LogP contribution in [0.4, 0.5) is 4.79 Å². The van der Waals surface area contributed by atoms with Crippen LogP contribution >= 0.6 is 0 Å². The molecule has 146 valence electrons. The van der Waals surface area contributed by atoms with Gasteiger partial charge in [0, 0.05) is 17.4 Å². The maximum atomic E-state index is 11.9. The Morgan fingerprint density at radius 1 is 1.29 bits per heavy atom. The fourth-order valence-corrected chi connectivity index (χ4v) is 3.37. The van der Waals surface area contributed by atoms with E-state index < -0.39 is 0 Å². The number of aryl methyl sites for hydroxylation is 1. The van der Waals surface area contributed by atoms with E-state index in [1.165, 1.54) is 4.90 Å². The number of nitrogens with zero attached hydrogens (tertiary/aromatic N) is 4. The van der Waals surface area contributed by atoms with Crippen LogP contribution in [0, 0.1) is 6.92 Å². The lowest BCUT2D eigenvalue weighted by atomic mass is 10.0. The van der Waals surface area contributed by atoms with Crippen molar-refractivity contribution in [2.24, 2.45) is 0 Å². The van der Waals surface area contributed by atoms with Crippen molar-refractivity contribution in [2.45, 2.75) is 19.9 Å². The Bertz CT molecular complexity index is 1040. The molecule has 2 aromatic heterocycles. The smallest absolute Gasteiger partial charge is 0.324 e. The second kappa shape index (κ2) is 7.08. The summed E-state index contributed by atoms with van der Waals surface area (Å²) in [5, 5.41) is 7.47. The topological polar surface area (TPSA) is 107 Å². The van der Waals surface area contributed by atoms with Crippen LogP contribution in [0.1, 0.15) is 17.0 Å². The summed E-state index contributed by atoms with van der Waals surface area (Å²) in [6, 6.07) is 5.53. The maximum Gasteiger partial charge on any atom is 0.324 e. The summed E-state index contributed by atoms with van der Waals surface area (Å²) in [7, 11) is 4.04. The number of H-pyrrole nitrogens is 1. The molecule has 1 aliphatic heterocycles. The van der Waals surface area contributed by atoms with E-state index in [9.17, 15) is 9.59 Å². The number of rotatable bonds is 6. The van der Waals surface area contributed by atoms with Crippen molar-refractivity contribution < 1.29 is 14.1 Å². The molecule has 0 unspecified atom stereocenters. The van der Waals surface area contributed by atoms with Gasteiger partial charge in [-0.1, -0.05) is 11.2 Å². The van der Waals surface area contributed by atoms with Crippen molar-refractivity contribution in [3.05, 3.63) is 35.2 Å². The minimum Gasteiger partial charge on any atom is -0.350 e. The number of hydrogen-bond donors (Lipinski definition) is 2. The van der Waals surface area contributed by atoms with E-state index in [0.29, 0.717) is 11.7 Å². The van der Waals surface area contributed by atoms with Crippen molar-refractivity contribution in [2.75, 3.05) is 27.2 Å². The van der Waals surface area contributed by atoms with Crippen LogP contribution in [0.3, 0.4) is 0 Å².